The molecule has 1 heterocycles. The molecule has 0 aliphatic carbocycles. The molecular weight excluding hydrogens is 248 g/mol. The summed E-state index contributed by atoms with van der Waals surface area (Å²) in [6.07, 6.45) is 0.881. The van der Waals surface area contributed by atoms with E-state index in [-0.39, 0.29) is 29.8 Å². The quantitative estimate of drug-likeness (QED) is 0.850. The zero-order valence-corrected chi connectivity index (χ0v) is 11.7. The molecule has 0 spiro atoms. The Kier molecular flexibility index (Phi) is 4.77. The number of piperidine rings is 1. The van der Waals surface area contributed by atoms with E-state index in [1.165, 1.54) is 0 Å². The highest BCUT2D eigenvalue weighted by Crippen LogP contribution is 2.28. The third-order valence-corrected chi connectivity index (χ3v) is 3.62. The van der Waals surface area contributed by atoms with Crippen molar-refractivity contribution in [1.82, 2.24) is 4.90 Å². The van der Waals surface area contributed by atoms with Gasteiger partial charge in [0.2, 0.25) is 0 Å². The second kappa shape index (κ2) is 5.72. The third-order valence-electron chi connectivity index (χ3n) is 3.62. The fourth-order valence-corrected chi connectivity index (χ4v) is 2.31. The summed E-state index contributed by atoms with van der Waals surface area (Å²) in [6.45, 7) is 5.75. The lowest BCUT2D eigenvalue weighted by Crippen LogP contribution is -2.53. The third kappa shape index (κ3) is 3.03. The summed E-state index contributed by atoms with van der Waals surface area (Å²) >= 11 is 0. The van der Waals surface area contributed by atoms with E-state index in [1.807, 2.05) is 35.2 Å². The van der Waals surface area contributed by atoms with Crippen molar-refractivity contribution in [1.29, 1.82) is 0 Å². The second-order valence-electron chi connectivity index (χ2n) is 5.48. The minimum Gasteiger partial charge on any atom is -0.338 e. The molecule has 1 aromatic carbocycles. The summed E-state index contributed by atoms with van der Waals surface area (Å²) in [5.41, 5.74) is 6.84. The molecule has 100 valence electrons. The number of benzene rings is 1. The van der Waals surface area contributed by atoms with Gasteiger partial charge in [0.05, 0.1) is 0 Å². The van der Waals surface area contributed by atoms with Gasteiger partial charge in [0.1, 0.15) is 0 Å². The number of rotatable bonds is 1. The number of carbonyl (C=O) groups is 1. The maximum Gasteiger partial charge on any atom is 0.253 e. The number of amides is 1. The van der Waals surface area contributed by atoms with E-state index in [1.54, 1.807) is 0 Å². The molecule has 1 saturated heterocycles. The molecule has 1 aliphatic rings. The molecule has 4 heteroatoms. The van der Waals surface area contributed by atoms with Crippen molar-refractivity contribution in [2.75, 3.05) is 13.1 Å². The first-order chi connectivity index (χ1) is 8.00. The molecule has 3 nitrogen and oxygen atoms in total. The van der Waals surface area contributed by atoms with Crippen LogP contribution in [0, 0.1) is 5.41 Å². The Morgan fingerprint density at radius 3 is 2.50 bits per heavy atom. The largest absolute Gasteiger partial charge is 0.338 e. The number of halogens is 1. The molecule has 0 aromatic heterocycles. The smallest absolute Gasteiger partial charge is 0.253 e. The summed E-state index contributed by atoms with van der Waals surface area (Å²) in [5, 5.41) is 0. The van der Waals surface area contributed by atoms with Crippen molar-refractivity contribution in [3.8, 4) is 0 Å². The predicted molar refractivity (Wildman–Crippen MR) is 76.0 cm³/mol. The summed E-state index contributed by atoms with van der Waals surface area (Å²) in [4.78, 5) is 14.2. The van der Waals surface area contributed by atoms with Gasteiger partial charge in [-0.15, -0.1) is 12.4 Å². The maximum absolute atomic E-state index is 12.3. The van der Waals surface area contributed by atoms with Gasteiger partial charge in [0.25, 0.3) is 5.91 Å². The van der Waals surface area contributed by atoms with Gasteiger partial charge < -0.3 is 10.6 Å². The number of hydrogen-bond acceptors (Lipinski definition) is 2. The van der Waals surface area contributed by atoms with Crippen LogP contribution < -0.4 is 5.73 Å². The van der Waals surface area contributed by atoms with Crippen LogP contribution in [0.1, 0.15) is 30.6 Å². The second-order valence-corrected chi connectivity index (χ2v) is 5.48. The summed E-state index contributed by atoms with van der Waals surface area (Å²) in [7, 11) is 0. The topological polar surface area (TPSA) is 46.3 Å². The molecular formula is C14H21ClN2O. The molecule has 1 unspecified atom stereocenters. The monoisotopic (exact) mass is 268 g/mol. The van der Waals surface area contributed by atoms with Crippen LogP contribution in [-0.2, 0) is 0 Å². The van der Waals surface area contributed by atoms with Crippen LogP contribution >= 0.6 is 12.4 Å². The van der Waals surface area contributed by atoms with Crippen molar-refractivity contribution in [3.63, 3.8) is 0 Å². The molecule has 2 N–H and O–H groups in total. The molecule has 0 saturated carbocycles. The van der Waals surface area contributed by atoms with Crippen molar-refractivity contribution in [3.05, 3.63) is 35.9 Å². The lowest BCUT2D eigenvalue weighted by atomic mass is 9.79. The number of likely N-dealkylation sites (tertiary alicyclic amines) is 1. The Morgan fingerprint density at radius 1 is 1.33 bits per heavy atom. The van der Waals surface area contributed by atoms with E-state index in [0.29, 0.717) is 0 Å². The number of hydrogen-bond donors (Lipinski definition) is 1. The van der Waals surface area contributed by atoms with Crippen LogP contribution in [0.15, 0.2) is 30.3 Å². The van der Waals surface area contributed by atoms with E-state index in [4.69, 9.17) is 5.73 Å². The van der Waals surface area contributed by atoms with Crippen molar-refractivity contribution < 1.29 is 4.79 Å². The Labute approximate surface area is 115 Å². The van der Waals surface area contributed by atoms with Gasteiger partial charge in [0, 0.05) is 24.7 Å². The van der Waals surface area contributed by atoms with Gasteiger partial charge in [-0.2, -0.15) is 0 Å². The Balaban J connectivity index is 0.00000162. The van der Waals surface area contributed by atoms with Gasteiger partial charge in [-0.25, -0.2) is 0 Å². The zero-order chi connectivity index (χ0) is 12.5. The normalized spacial score (nSPS) is 22.2. The average Bonchev–Trinajstić information content (AvgIpc) is 2.33. The first kappa shape index (κ1) is 15.0. The van der Waals surface area contributed by atoms with Gasteiger partial charge in [-0.1, -0.05) is 32.0 Å². The molecule has 0 radical (unpaired) electrons. The molecule has 1 amide bonds. The van der Waals surface area contributed by atoms with Crippen LogP contribution in [-0.4, -0.2) is 29.9 Å². The highest BCUT2D eigenvalue weighted by atomic mass is 35.5. The van der Waals surface area contributed by atoms with E-state index < -0.39 is 0 Å². The average molecular weight is 269 g/mol. The van der Waals surface area contributed by atoms with E-state index >= 15 is 0 Å². The fourth-order valence-electron chi connectivity index (χ4n) is 2.31. The van der Waals surface area contributed by atoms with E-state index in [9.17, 15) is 4.79 Å². The highest BCUT2D eigenvalue weighted by Gasteiger charge is 2.35. The molecule has 0 bridgehead atoms. The maximum atomic E-state index is 12.3. The molecule has 2 rings (SSSR count). The Hall–Kier alpha value is -1.06. The SMILES string of the molecule is CC1(C)CN(C(=O)c2ccccc2)CCC1N.Cl. The van der Waals surface area contributed by atoms with Gasteiger partial charge in [-0.05, 0) is 24.0 Å². The van der Waals surface area contributed by atoms with Crippen LogP contribution in [0.4, 0.5) is 0 Å². The van der Waals surface area contributed by atoms with Crippen molar-refractivity contribution >= 4 is 18.3 Å². The molecule has 1 atom stereocenters. The minimum atomic E-state index is 0. The minimum absolute atomic E-state index is 0. The molecule has 1 aromatic rings. The lowest BCUT2D eigenvalue weighted by Gasteiger charge is -2.42. The molecule has 18 heavy (non-hydrogen) atoms. The van der Waals surface area contributed by atoms with Gasteiger partial charge in [-0.3, -0.25) is 4.79 Å². The highest BCUT2D eigenvalue weighted by molar-refractivity contribution is 5.94. The van der Waals surface area contributed by atoms with E-state index in [2.05, 4.69) is 13.8 Å². The molecule has 1 fully saturated rings. The summed E-state index contributed by atoms with van der Waals surface area (Å²) < 4.78 is 0. The number of nitrogens with two attached hydrogens (primary N) is 1. The van der Waals surface area contributed by atoms with Crippen LogP contribution in [0.3, 0.4) is 0 Å². The Morgan fingerprint density at radius 2 is 1.94 bits per heavy atom. The predicted octanol–water partition coefficient (Wildman–Crippen LogP) is 2.31. The summed E-state index contributed by atoms with van der Waals surface area (Å²) in [5.74, 6) is 0.116. The van der Waals surface area contributed by atoms with Crippen LogP contribution in [0.5, 0.6) is 0 Å². The zero-order valence-electron chi connectivity index (χ0n) is 10.9. The van der Waals surface area contributed by atoms with Gasteiger partial charge >= 0.3 is 0 Å². The number of carbonyl (C=O) groups excluding carboxylic acids is 1. The lowest BCUT2D eigenvalue weighted by molar-refractivity contribution is 0.0533. The van der Waals surface area contributed by atoms with E-state index in [0.717, 1.165) is 25.1 Å². The molecule has 1 aliphatic heterocycles. The van der Waals surface area contributed by atoms with Gasteiger partial charge in [0.15, 0.2) is 0 Å². The first-order valence-corrected chi connectivity index (χ1v) is 6.10. The Bertz CT molecular complexity index is 406. The van der Waals surface area contributed by atoms with Crippen LogP contribution in [0.2, 0.25) is 0 Å². The number of nitrogens with zero attached hydrogens (tertiary/aromatic N) is 1. The van der Waals surface area contributed by atoms with Crippen molar-refractivity contribution in [2.24, 2.45) is 11.1 Å². The standard InChI is InChI=1S/C14H20N2O.ClH/c1-14(2)10-16(9-8-12(14)15)13(17)11-6-4-3-5-7-11;/h3-7,12H,8-10,15H2,1-2H3;1H. The van der Waals surface area contributed by atoms with Crippen molar-refractivity contribution in [2.45, 2.75) is 26.3 Å². The van der Waals surface area contributed by atoms with Crippen LogP contribution in [0.25, 0.3) is 0 Å². The fraction of sp³-hybridized carbons (Fsp3) is 0.500. The first-order valence-electron chi connectivity index (χ1n) is 6.10. The summed E-state index contributed by atoms with van der Waals surface area (Å²) in [6, 6.07) is 9.63.